The SMILES string of the molecule is CCCC(=O)NC1=CNC(c2nncnn2)C=C1. The van der Waals surface area contributed by atoms with Gasteiger partial charge in [-0.25, -0.2) is 0 Å². The maximum atomic E-state index is 11.4. The summed E-state index contributed by atoms with van der Waals surface area (Å²) in [7, 11) is 0. The van der Waals surface area contributed by atoms with E-state index in [-0.39, 0.29) is 11.9 Å². The van der Waals surface area contributed by atoms with E-state index in [1.807, 2.05) is 19.1 Å². The van der Waals surface area contributed by atoms with Crippen molar-refractivity contribution in [3.8, 4) is 0 Å². The maximum absolute atomic E-state index is 11.4. The molecule has 0 spiro atoms. The van der Waals surface area contributed by atoms with Gasteiger partial charge in [-0.05, 0) is 12.5 Å². The van der Waals surface area contributed by atoms with Crippen LogP contribution >= 0.6 is 0 Å². The lowest BCUT2D eigenvalue weighted by atomic mass is 10.2. The Morgan fingerprint density at radius 1 is 1.44 bits per heavy atom. The third kappa shape index (κ3) is 3.09. The van der Waals surface area contributed by atoms with Gasteiger partial charge in [-0.1, -0.05) is 13.0 Å². The Morgan fingerprint density at radius 2 is 2.22 bits per heavy atom. The van der Waals surface area contributed by atoms with E-state index in [0.717, 1.165) is 12.1 Å². The van der Waals surface area contributed by atoms with Crippen LogP contribution in [0.4, 0.5) is 0 Å². The molecule has 0 saturated heterocycles. The van der Waals surface area contributed by atoms with Crippen molar-refractivity contribution in [3.63, 3.8) is 0 Å². The lowest BCUT2D eigenvalue weighted by Crippen LogP contribution is -2.27. The lowest BCUT2D eigenvalue weighted by Gasteiger charge is -2.16. The van der Waals surface area contributed by atoms with Crippen LogP contribution in [-0.4, -0.2) is 26.3 Å². The van der Waals surface area contributed by atoms with E-state index in [9.17, 15) is 4.79 Å². The first-order chi connectivity index (χ1) is 8.79. The molecule has 0 aliphatic carbocycles. The molecule has 1 aliphatic rings. The highest BCUT2D eigenvalue weighted by Crippen LogP contribution is 2.12. The first-order valence-corrected chi connectivity index (χ1v) is 5.74. The summed E-state index contributed by atoms with van der Waals surface area (Å²) in [5.41, 5.74) is 0.724. The summed E-state index contributed by atoms with van der Waals surface area (Å²) in [6, 6.07) is -0.168. The third-order valence-electron chi connectivity index (χ3n) is 2.35. The third-order valence-corrected chi connectivity index (χ3v) is 2.35. The standard InChI is InChI=1S/C11H14N6O/c1-2-3-10(18)15-8-4-5-9(12-6-8)11-16-13-7-14-17-11/h4-7,9,12H,2-3H2,1H3,(H,15,18). The van der Waals surface area contributed by atoms with E-state index in [2.05, 4.69) is 31.0 Å². The van der Waals surface area contributed by atoms with Gasteiger partial charge in [0.15, 0.2) is 12.2 Å². The van der Waals surface area contributed by atoms with Gasteiger partial charge in [-0.15, -0.1) is 20.4 Å². The van der Waals surface area contributed by atoms with Crippen LogP contribution in [0.2, 0.25) is 0 Å². The van der Waals surface area contributed by atoms with Crippen LogP contribution < -0.4 is 10.6 Å². The van der Waals surface area contributed by atoms with Crippen LogP contribution in [-0.2, 0) is 4.79 Å². The Kier molecular flexibility index (Phi) is 3.95. The number of aromatic nitrogens is 4. The molecule has 94 valence electrons. The van der Waals surface area contributed by atoms with E-state index in [1.165, 1.54) is 6.33 Å². The number of rotatable bonds is 4. The minimum absolute atomic E-state index is 0.00736. The number of hydrogen-bond donors (Lipinski definition) is 2. The van der Waals surface area contributed by atoms with Crippen molar-refractivity contribution in [3.05, 3.63) is 36.2 Å². The largest absolute Gasteiger partial charge is 0.376 e. The van der Waals surface area contributed by atoms with Gasteiger partial charge < -0.3 is 10.6 Å². The number of nitrogens with one attached hydrogen (secondary N) is 2. The molecule has 18 heavy (non-hydrogen) atoms. The number of hydrogen-bond acceptors (Lipinski definition) is 6. The molecular formula is C11H14N6O. The molecule has 0 aromatic carbocycles. The molecule has 2 heterocycles. The normalized spacial score (nSPS) is 17.8. The van der Waals surface area contributed by atoms with E-state index in [1.54, 1.807) is 6.20 Å². The summed E-state index contributed by atoms with van der Waals surface area (Å²) in [6.07, 6.45) is 8.00. The second-order valence-electron chi connectivity index (χ2n) is 3.81. The fraction of sp³-hybridized carbons (Fsp3) is 0.364. The molecule has 1 aliphatic heterocycles. The van der Waals surface area contributed by atoms with Crippen molar-refractivity contribution in [2.45, 2.75) is 25.8 Å². The van der Waals surface area contributed by atoms with Crippen LogP contribution in [0.25, 0.3) is 0 Å². The summed E-state index contributed by atoms with van der Waals surface area (Å²) >= 11 is 0. The molecule has 1 aromatic heterocycles. The minimum atomic E-state index is -0.168. The number of carbonyl (C=O) groups excluding carboxylic acids is 1. The zero-order chi connectivity index (χ0) is 12.8. The molecule has 0 radical (unpaired) electrons. The van der Waals surface area contributed by atoms with Crippen molar-refractivity contribution in [1.82, 2.24) is 31.0 Å². The van der Waals surface area contributed by atoms with Crippen LogP contribution in [0.5, 0.6) is 0 Å². The van der Waals surface area contributed by atoms with Crippen molar-refractivity contribution >= 4 is 5.91 Å². The highest BCUT2D eigenvalue weighted by molar-refractivity contribution is 5.78. The maximum Gasteiger partial charge on any atom is 0.224 e. The zero-order valence-corrected chi connectivity index (χ0v) is 10.00. The Labute approximate surface area is 104 Å². The molecule has 7 nitrogen and oxygen atoms in total. The Hall–Kier alpha value is -2.31. The van der Waals surface area contributed by atoms with Crippen LogP contribution in [0, 0.1) is 0 Å². The minimum Gasteiger partial charge on any atom is -0.376 e. The Bertz CT molecular complexity index is 470. The van der Waals surface area contributed by atoms with Gasteiger partial charge in [0.2, 0.25) is 5.91 Å². The van der Waals surface area contributed by atoms with Gasteiger partial charge in [0, 0.05) is 12.6 Å². The number of nitrogens with zero attached hydrogens (tertiary/aromatic N) is 4. The molecule has 1 atom stereocenters. The second kappa shape index (κ2) is 5.85. The highest BCUT2D eigenvalue weighted by atomic mass is 16.1. The smallest absolute Gasteiger partial charge is 0.224 e. The van der Waals surface area contributed by atoms with E-state index >= 15 is 0 Å². The van der Waals surface area contributed by atoms with E-state index in [4.69, 9.17) is 0 Å². The molecule has 1 aromatic rings. The van der Waals surface area contributed by atoms with Crippen molar-refractivity contribution < 1.29 is 4.79 Å². The van der Waals surface area contributed by atoms with Crippen LogP contribution in [0.1, 0.15) is 31.6 Å². The molecule has 0 bridgehead atoms. The van der Waals surface area contributed by atoms with Crippen molar-refractivity contribution in [1.29, 1.82) is 0 Å². The molecule has 0 fully saturated rings. The molecule has 7 heteroatoms. The number of allylic oxidation sites excluding steroid dienone is 1. The number of carbonyl (C=O) groups is 1. The molecule has 2 N–H and O–H groups in total. The number of amides is 1. The first-order valence-electron chi connectivity index (χ1n) is 5.74. The molecule has 1 unspecified atom stereocenters. The predicted octanol–water partition coefficient (Wildman–Crippen LogP) is 0.225. The van der Waals surface area contributed by atoms with Crippen LogP contribution in [0.3, 0.4) is 0 Å². The zero-order valence-electron chi connectivity index (χ0n) is 10.00. The quantitative estimate of drug-likeness (QED) is 0.789. The molecular weight excluding hydrogens is 232 g/mol. The summed E-state index contributed by atoms with van der Waals surface area (Å²) < 4.78 is 0. The van der Waals surface area contributed by atoms with Gasteiger partial charge in [-0.2, -0.15) is 0 Å². The predicted molar refractivity (Wildman–Crippen MR) is 63.8 cm³/mol. The Morgan fingerprint density at radius 3 is 2.83 bits per heavy atom. The second-order valence-corrected chi connectivity index (χ2v) is 3.81. The highest BCUT2D eigenvalue weighted by Gasteiger charge is 2.14. The first kappa shape index (κ1) is 12.2. The van der Waals surface area contributed by atoms with E-state index < -0.39 is 0 Å². The fourth-order valence-corrected chi connectivity index (χ4v) is 1.51. The Balaban J connectivity index is 1.93. The average molecular weight is 246 g/mol. The van der Waals surface area contributed by atoms with Crippen molar-refractivity contribution in [2.75, 3.05) is 0 Å². The molecule has 1 amide bonds. The van der Waals surface area contributed by atoms with E-state index in [0.29, 0.717) is 12.2 Å². The lowest BCUT2D eigenvalue weighted by molar-refractivity contribution is -0.120. The summed E-state index contributed by atoms with van der Waals surface area (Å²) in [5, 5.41) is 20.9. The molecule has 2 rings (SSSR count). The van der Waals surface area contributed by atoms with Crippen molar-refractivity contribution in [2.24, 2.45) is 0 Å². The van der Waals surface area contributed by atoms with Gasteiger partial charge in [0.25, 0.3) is 0 Å². The van der Waals surface area contributed by atoms with Gasteiger partial charge in [-0.3, -0.25) is 4.79 Å². The fourth-order valence-electron chi connectivity index (χ4n) is 1.51. The van der Waals surface area contributed by atoms with Gasteiger partial charge >= 0.3 is 0 Å². The topological polar surface area (TPSA) is 92.7 Å². The van der Waals surface area contributed by atoms with Crippen LogP contribution in [0.15, 0.2) is 30.4 Å². The monoisotopic (exact) mass is 246 g/mol. The summed E-state index contributed by atoms with van der Waals surface area (Å²) in [5.74, 6) is 0.497. The summed E-state index contributed by atoms with van der Waals surface area (Å²) in [4.78, 5) is 11.4. The summed E-state index contributed by atoms with van der Waals surface area (Å²) in [6.45, 7) is 1.96. The average Bonchev–Trinajstić information content (AvgIpc) is 2.41. The number of dihydropyridines is 1. The molecule has 0 saturated carbocycles. The van der Waals surface area contributed by atoms with Gasteiger partial charge in [0.05, 0.1) is 5.70 Å². The van der Waals surface area contributed by atoms with Gasteiger partial charge in [0.1, 0.15) is 6.04 Å².